The van der Waals surface area contributed by atoms with Gasteiger partial charge in [-0.15, -0.1) is 0 Å². The third kappa shape index (κ3) is 3.57. The standard InChI is InChI=1S/C14H16N2O5/c1-9-3-4-11-10(15-9)7-12(21-11)14(19)16(5-6-20-2)8-13(17)18/h3-4,7H,5-6,8H2,1-2H3,(H,17,18). The summed E-state index contributed by atoms with van der Waals surface area (Å²) < 4.78 is 10.3. The van der Waals surface area contributed by atoms with Gasteiger partial charge in [-0.1, -0.05) is 0 Å². The molecule has 0 bridgehead atoms. The molecule has 0 saturated heterocycles. The fourth-order valence-corrected chi connectivity index (χ4v) is 1.90. The van der Waals surface area contributed by atoms with Crippen LogP contribution in [-0.4, -0.2) is 53.7 Å². The number of amides is 1. The highest BCUT2D eigenvalue weighted by Crippen LogP contribution is 2.19. The summed E-state index contributed by atoms with van der Waals surface area (Å²) in [6, 6.07) is 5.03. The largest absolute Gasteiger partial charge is 0.480 e. The molecule has 1 N–H and O–H groups in total. The van der Waals surface area contributed by atoms with Gasteiger partial charge in [-0.2, -0.15) is 0 Å². The van der Waals surface area contributed by atoms with Gasteiger partial charge in [-0.05, 0) is 19.1 Å². The monoisotopic (exact) mass is 292 g/mol. The quantitative estimate of drug-likeness (QED) is 0.863. The zero-order valence-corrected chi connectivity index (χ0v) is 11.8. The van der Waals surface area contributed by atoms with E-state index in [1.54, 1.807) is 12.1 Å². The van der Waals surface area contributed by atoms with Crippen molar-refractivity contribution in [3.8, 4) is 0 Å². The second-order valence-corrected chi connectivity index (χ2v) is 4.56. The number of fused-ring (bicyclic) bond motifs is 1. The lowest BCUT2D eigenvalue weighted by molar-refractivity contribution is -0.137. The van der Waals surface area contributed by atoms with Gasteiger partial charge in [0.2, 0.25) is 0 Å². The minimum absolute atomic E-state index is 0.0699. The lowest BCUT2D eigenvalue weighted by Gasteiger charge is -2.18. The van der Waals surface area contributed by atoms with Gasteiger partial charge < -0.3 is 19.2 Å². The molecule has 21 heavy (non-hydrogen) atoms. The molecule has 0 aliphatic heterocycles. The smallest absolute Gasteiger partial charge is 0.323 e. The van der Waals surface area contributed by atoms with Crippen molar-refractivity contribution in [2.45, 2.75) is 6.92 Å². The number of aromatic nitrogens is 1. The number of hydrogen-bond donors (Lipinski definition) is 1. The van der Waals surface area contributed by atoms with Crippen molar-refractivity contribution in [2.75, 3.05) is 26.8 Å². The summed E-state index contributed by atoms with van der Waals surface area (Å²) >= 11 is 0. The minimum Gasteiger partial charge on any atom is -0.480 e. The van der Waals surface area contributed by atoms with Gasteiger partial charge >= 0.3 is 5.97 Å². The molecule has 7 heteroatoms. The lowest BCUT2D eigenvalue weighted by atomic mass is 10.3. The van der Waals surface area contributed by atoms with E-state index in [0.29, 0.717) is 11.1 Å². The summed E-state index contributed by atoms with van der Waals surface area (Å²) in [6.45, 7) is 1.84. The van der Waals surface area contributed by atoms with Crippen LogP contribution in [0.2, 0.25) is 0 Å². The van der Waals surface area contributed by atoms with Gasteiger partial charge in [0.25, 0.3) is 5.91 Å². The van der Waals surface area contributed by atoms with Crippen LogP contribution in [0.5, 0.6) is 0 Å². The summed E-state index contributed by atoms with van der Waals surface area (Å²) in [5, 5.41) is 8.88. The first-order chi connectivity index (χ1) is 10.0. The fourth-order valence-electron chi connectivity index (χ4n) is 1.90. The number of methoxy groups -OCH3 is 1. The molecule has 0 aliphatic rings. The van der Waals surface area contributed by atoms with Gasteiger partial charge in [0, 0.05) is 25.4 Å². The Hall–Kier alpha value is -2.41. The maximum Gasteiger partial charge on any atom is 0.323 e. The highest BCUT2D eigenvalue weighted by molar-refractivity contribution is 5.96. The normalized spacial score (nSPS) is 10.8. The summed E-state index contributed by atoms with van der Waals surface area (Å²) in [5.41, 5.74) is 1.87. The van der Waals surface area contributed by atoms with Crippen molar-refractivity contribution in [2.24, 2.45) is 0 Å². The lowest BCUT2D eigenvalue weighted by Crippen LogP contribution is -2.37. The molecule has 2 heterocycles. The maximum absolute atomic E-state index is 12.3. The number of aliphatic carboxylic acids is 1. The van der Waals surface area contributed by atoms with E-state index in [9.17, 15) is 9.59 Å². The van der Waals surface area contributed by atoms with Gasteiger partial charge in [-0.25, -0.2) is 4.98 Å². The highest BCUT2D eigenvalue weighted by atomic mass is 16.5. The third-order valence-corrected chi connectivity index (χ3v) is 2.90. The average molecular weight is 292 g/mol. The van der Waals surface area contributed by atoms with E-state index in [1.165, 1.54) is 13.2 Å². The number of carboxylic acid groups (broad SMARTS) is 1. The fraction of sp³-hybridized carbons (Fsp3) is 0.357. The van der Waals surface area contributed by atoms with E-state index in [2.05, 4.69) is 4.98 Å². The zero-order valence-electron chi connectivity index (χ0n) is 11.8. The van der Waals surface area contributed by atoms with Crippen LogP contribution in [0.4, 0.5) is 0 Å². The van der Waals surface area contributed by atoms with Crippen molar-refractivity contribution in [3.05, 3.63) is 29.7 Å². The number of rotatable bonds is 6. The third-order valence-electron chi connectivity index (χ3n) is 2.90. The van der Waals surface area contributed by atoms with Gasteiger partial charge in [0.1, 0.15) is 12.1 Å². The predicted octanol–water partition coefficient (Wildman–Crippen LogP) is 1.31. The van der Waals surface area contributed by atoms with E-state index in [4.69, 9.17) is 14.3 Å². The molecular weight excluding hydrogens is 276 g/mol. The number of hydrogen-bond acceptors (Lipinski definition) is 5. The van der Waals surface area contributed by atoms with Crippen molar-refractivity contribution in [3.63, 3.8) is 0 Å². The number of carbonyl (C=O) groups excluding carboxylic acids is 1. The van der Waals surface area contributed by atoms with Crippen molar-refractivity contribution < 1.29 is 23.8 Å². The Balaban J connectivity index is 2.26. The molecule has 0 aromatic carbocycles. The molecule has 0 spiro atoms. The molecule has 7 nitrogen and oxygen atoms in total. The topological polar surface area (TPSA) is 92.9 Å². The van der Waals surface area contributed by atoms with Crippen LogP contribution in [0.1, 0.15) is 16.2 Å². The van der Waals surface area contributed by atoms with E-state index in [1.807, 2.05) is 6.92 Å². The molecule has 0 unspecified atom stereocenters. The number of nitrogens with zero attached hydrogens (tertiary/aromatic N) is 2. The molecular formula is C14H16N2O5. The van der Waals surface area contributed by atoms with Crippen LogP contribution < -0.4 is 0 Å². The molecule has 0 saturated carbocycles. The number of pyridine rings is 1. The molecule has 0 fully saturated rings. The Kier molecular flexibility index (Phi) is 4.54. The summed E-state index contributed by atoms with van der Waals surface area (Å²) in [5.74, 6) is -1.52. The van der Waals surface area contributed by atoms with Crippen molar-refractivity contribution in [1.29, 1.82) is 0 Å². The van der Waals surface area contributed by atoms with E-state index >= 15 is 0 Å². The van der Waals surface area contributed by atoms with Crippen LogP contribution in [0.15, 0.2) is 22.6 Å². The summed E-state index contributed by atoms with van der Waals surface area (Å²) in [6.07, 6.45) is 0. The molecule has 0 radical (unpaired) electrons. The Morgan fingerprint density at radius 3 is 2.86 bits per heavy atom. The Morgan fingerprint density at radius 2 is 2.19 bits per heavy atom. The van der Waals surface area contributed by atoms with Gasteiger partial charge in [-0.3, -0.25) is 9.59 Å². The van der Waals surface area contributed by atoms with Gasteiger partial charge in [0.15, 0.2) is 11.3 Å². The van der Waals surface area contributed by atoms with E-state index < -0.39 is 18.4 Å². The molecule has 2 aromatic rings. The second kappa shape index (κ2) is 6.36. The first-order valence-corrected chi connectivity index (χ1v) is 6.38. The first kappa shape index (κ1) is 15.0. The first-order valence-electron chi connectivity index (χ1n) is 6.38. The number of carboxylic acids is 1. The Morgan fingerprint density at radius 1 is 1.43 bits per heavy atom. The number of aryl methyl sites for hydroxylation is 1. The summed E-state index contributed by atoms with van der Waals surface area (Å²) in [4.78, 5) is 28.6. The Bertz CT molecular complexity index is 664. The SMILES string of the molecule is COCCN(CC(=O)O)C(=O)c1cc2nc(C)ccc2o1. The average Bonchev–Trinajstić information content (AvgIpc) is 2.85. The van der Waals surface area contributed by atoms with Crippen LogP contribution in [0.25, 0.3) is 11.1 Å². The molecule has 0 aliphatic carbocycles. The number of furan rings is 1. The molecule has 1 amide bonds. The minimum atomic E-state index is -1.09. The molecule has 112 valence electrons. The van der Waals surface area contributed by atoms with Crippen LogP contribution in [0.3, 0.4) is 0 Å². The number of carbonyl (C=O) groups is 2. The van der Waals surface area contributed by atoms with E-state index in [-0.39, 0.29) is 18.9 Å². The second-order valence-electron chi connectivity index (χ2n) is 4.56. The summed E-state index contributed by atoms with van der Waals surface area (Å²) in [7, 11) is 1.48. The highest BCUT2D eigenvalue weighted by Gasteiger charge is 2.22. The van der Waals surface area contributed by atoms with Crippen LogP contribution in [0, 0.1) is 6.92 Å². The Labute approximate surface area is 121 Å². The van der Waals surface area contributed by atoms with Crippen LogP contribution >= 0.6 is 0 Å². The van der Waals surface area contributed by atoms with Gasteiger partial charge in [0.05, 0.1) is 6.61 Å². The molecule has 0 atom stereocenters. The molecule has 2 aromatic heterocycles. The van der Waals surface area contributed by atoms with E-state index in [0.717, 1.165) is 10.6 Å². The predicted molar refractivity (Wildman–Crippen MR) is 74.2 cm³/mol. The van der Waals surface area contributed by atoms with Crippen molar-refractivity contribution >= 4 is 23.0 Å². The zero-order chi connectivity index (χ0) is 15.4. The molecule has 2 rings (SSSR count). The maximum atomic E-state index is 12.3. The van der Waals surface area contributed by atoms with Crippen molar-refractivity contribution in [1.82, 2.24) is 9.88 Å². The number of ether oxygens (including phenoxy) is 1. The van der Waals surface area contributed by atoms with Crippen LogP contribution in [-0.2, 0) is 9.53 Å².